The number of hydrogen-bond donors (Lipinski definition) is 1. The van der Waals surface area contributed by atoms with E-state index in [4.69, 9.17) is 0 Å². The van der Waals surface area contributed by atoms with Crippen LogP contribution in [-0.4, -0.2) is 9.91 Å². The number of rotatable bonds is 3. The lowest BCUT2D eigenvalue weighted by Crippen LogP contribution is -1.91. The Morgan fingerprint density at radius 2 is 1.77 bits per heavy atom. The highest BCUT2D eigenvalue weighted by Crippen LogP contribution is 2.37. The minimum atomic E-state index is -0.302. The average Bonchev–Trinajstić information content (AvgIpc) is 2.85. The highest BCUT2D eigenvalue weighted by atomic mass is 16.6. The van der Waals surface area contributed by atoms with Crippen LogP contribution in [0.2, 0.25) is 0 Å². The van der Waals surface area contributed by atoms with E-state index in [2.05, 4.69) is 18.8 Å². The number of aromatic nitrogens is 1. The van der Waals surface area contributed by atoms with Crippen molar-refractivity contribution in [3.8, 4) is 11.3 Å². The topological polar surface area (TPSA) is 58.9 Å². The number of nitrogens with one attached hydrogen (secondary N) is 1. The summed E-state index contributed by atoms with van der Waals surface area (Å²) in [5.74, 6) is 0.439. The fourth-order valence-corrected chi connectivity index (χ4v) is 2.72. The molecule has 0 aliphatic carbocycles. The zero-order valence-electron chi connectivity index (χ0n) is 12.9. The molecule has 22 heavy (non-hydrogen) atoms. The van der Waals surface area contributed by atoms with Crippen molar-refractivity contribution in [1.82, 2.24) is 4.98 Å². The fraction of sp³-hybridized carbons (Fsp3) is 0.222. The summed E-state index contributed by atoms with van der Waals surface area (Å²) in [6.07, 6.45) is 0. The van der Waals surface area contributed by atoms with Crippen molar-refractivity contribution in [2.75, 3.05) is 0 Å². The third kappa shape index (κ3) is 2.37. The summed E-state index contributed by atoms with van der Waals surface area (Å²) >= 11 is 0. The van der Waals surface area contributed by atoms with Crippen LogP contribution in [0.1, 0.15) is 30.9 Å². The van der Waals surface area contributed by atoms with Crippen LogP contribution in [-0.2, 0) is 0 Å². The fourth-order valence-electron chi connectivity index (χ4n) is 2.72. The van der Waals surface area contributed by atoms with Gasteiger partial charge in [0.05, 0.1) is 15.8 Å². The second-order valence-corrected chi connectivity index (χ2v) is 5.93. The molecule has 0 fully saturated rings. The van der Waals surface area contributed by atoms with E-state index in [1.54, 1.807) is 0 Å². The summed E-state index contributed by atoms with van der Waals surface area (Å²) in [7, 11) is 0. The molecule has 0 aliphatic rings. The average molecular weight is 294 g/mol. The van der Waals surface area contributed by atoms with Crippen LogP contribution in [0.4, 0.5) is 5.69 Å². The van der Waals surface area contributed by atoms with Crippen molar-refractivity contribution >= 4 is 16.6 Å². The first-order valence-corrected chi connectivity index (χ1v) is 7.34. The summed E-state index contributed by atoms with van der Waals surface area (Å²) in [5, 5.41) is 12.2. The smallest absolute Gasteiger partial charge is 0.302 e. The zero-order chi connectivity index (χ0) is 15.9. The second-order valence-electron chi connectivity index (χ2n) is 5.93. The van der Waals surface area contributed by atoms with E-state index in [-0.39, 0.29) is 10.6 Å². The maximum atomic E-state index is 11.5. The molecule has 3 rings (SSSR count). The lowest BCUT2D eigenvalue weighted by Gasteiger charge is -2.05. The predicted molar refractivity (Wildman–Crippen MR) is 89.2 cm³/mol. The molecule has 3 aromatic rings. The normalized spacial score (nSPS) is 11.3. The molecule has 1 N–H and O–H groups in total. The molecule has 0 amide bonds. The number of aromatic amines is 1. The molecule has 0 saturated carbocycles. The largest absolute Gasteiger partial charge is 0.349 e. The van der Waals surface area contributed by atoms with Crippen LogP contribution in [0.25, 0.3) is 22.2 Å². The maximum absolute atomic E-state index is 11.5. The molecular formula is C18H18N2O2. The Bertz CT molecular complexity index is 845. The number of nitro groups is 1. The lowest BCUT2D eigenvalue weighted by molar-refractivity contribution is -0.382. The van der Waals surface area contributed by atoms with Gasteiger partial charge >= 0.3 is 5.69 Å². The number of hydrogen-bond acceptors (Lipinski definition) is 2. The molecule has 2 aromatic carbocycles. The molecule has 0 radical (unpaired) electrons. The van der Waals surface area contributed by atoms with Gasteiger partial charge in [0.1, 0.15) is 5.69 Å². The lowest BCUT2D eigenvalue weighted by atomic mass is 10.0. The maximum Gasteiger partial charge on any atom is 0.302 e. The van der Waals surface area contributed by atoms with Gasteiger partial charge in [-0.1, -0.05) is 49.7 Å². The van der Waals surface area contributed by atoms with Crippen LogP contribution >= 0.6 is 0 Å². The van der Waals surface area contributed by atoms with E-state index < -0.39 is 0 Å². The summed E-state index contributed by atoms with van der Waals surface area (Å²) < 4.78 is 0. The molecule has 4 heteroatoms. The van der Waals surface area contributed by atoms with Gasteiger partial charge in [-0.05, 0) is 30.5 Å². The van der Waals surface area contributed by atoms with Gasteiger partial charge in [-0.15, -0.1) is 0 Å². The Kier molecular flexibility index (Phi) is 3.45. The van der Waals surface area contributed by atoms with Crippen molar-refractivity contribution in [2.45, 2.75) is 26.7 Å². The van der Waals surface area contributed by atoms with Crippen molar-refractivity contribution < 1.29 is 4.92 Å². The number of fused-ring (bicyclic) bond motifs is 1. The first-order valence-electron chi connectivity index (χ1n) is 7.34. The molecule has 1 aromatic heterocycles. The molecule has 1 heterocycles. The molecule has 112 valence electrons. The van der Waals surface area contributed by atoms with Crippen LogP contribution in [0, 0.1) is 17.0 Å². The summed E-state index contributed by atoms with van der Waals surface area (Å²) in [6.45, 7) is 6.19. The van der Waals surface area contributed by atoms with Gasteiger partial charge in [0.25, 0.3) is 0 Å². The molecule has 0 bridgehead atoms. The number of nitrogens with zero attached hydrogens (tertiary/aromatic N) is 1. The second kappa shape index (κ2) is 5.30. The van der Waals surface area contributed by atoms with E-state index >= 15 is 0 Å². The van der Waals surface area contributed by atoms with E-state index in [1.807, 2.05) is 49.4 Å². The van der Waals surface area contributed by atoms with Crippen LogP contribution in [0.5, 0.6) is 0 Å². The van der Waals surface area contributed by atoms with E-state index in [9.17, 15) is 10.1 Å². The molecule has 0 aliphatic heterocycles. The zero-order valence-corrected chi connectivity index (χ0v) is 12.9. The Balaban J connectivity index is 2.21. The Morgan fingerprint density at radius 3 is 2.36 bits per heavy atom. The van der Waals surface area contributed by atoms with Gasteiger partial charge in [0.15, 0.2) is 0 Å². The van der Waals surface area contributed by atoms with Crippen LogP contribution in [0.3, 0.4) is 0 Å². The third-order valence-electron chi connectivity index (χ3n) is 3.98. The molecule has 4 nitrogen and oxygen atoms in total. The van der Waals surface area contributed by atoms with Gasteiger partial charge < -0.3 is 4.98 Å². The molecule has 0 saturated heterocycles. The monoisotopic (exact) mass is 294 g/mol. The Labute approximate surface area is 128 Å². The summed E-state index contributed by atoms with van der Waals surface area (Å²) in [4.78, 5) is 14.4. The summed E-state index contributed by atoms with van der Waals surface area (Å²) in [6, 6.07) is 13.6. The van der Waals surface area contributed by atoms with E-state index in [0.29, 0.717) is 17.0 Å². The number of aryl methyl sites for hydroxylation is 1. The van der Waals surface area contributed by atoms with Crippen molar-refractivity contribution in [3.63, 3.8) is 0 Å². The third-order valence-corrected chi connectivity index (χ3v) is 3.98. The highest BCUT2D eigenvalue weighted by Gasteiger charge is 2.23. The predicted octanol–water partition coefficient (Wildman–Crippen LogP) is 5.17. The first-order chi connectivity index (χ1) is 10.5. The van der Waals surface area contributed by atoms with Crippen LogP contribution < -0.4 is 0 Å². The van der Waals surface area contributed by atoms with Crippen molar-refractivity contribution in [2.24, 2.45) is 0 Å². The minimum Gasteiger partial charge on any atom is -0.349 e. The highest BCUT2D eigenvalue weighted by molar-refractivity contribution is 5.97. The Hall–Kier alpha value is -2.62. The van der Waals surface area contributed by atoms with Gasteiger partial charge in [-0.3, -0.25) is 10.1 Å². The van der Waals surface area contributed by atoms with E-state index in [1.165, 1.54) is 5.56 Å². The first kappa shape index (κ1) is 14.3. The van der Waals surface area contributed by atoms with E-state index in [0.717, 1.165) is 16.6 Å². The van der Waals surface area contributed by atoms with Crippen molar-refractivity contribution in [1.29, 1.82) is 0 Å². The molecular weight excluding hydrogens is 276 g/mol. The van der Waals surface area contributed by atoms with Gasteiger partial charge in [-0.25, -0.2) is 0 Å². The molecule has 0 unspecified atom stereocenters. The SMILES string of the molecule is Cc1ccc2[nH]c(-c3ccc(C(C)C)cc3)c([N+](=O)[O-])c2c1. The molecule has 0 atom stereocenters. The summed E-state index contributed by atoms with van der Waals surface area (Å²) in [5.41, 5.74) is 4.58. The quantitative estimate of drug-likeness (QED) is 0.534. The Morgan fingerprint density at radius 1 is 1.09 bits per heavy atom. The van der Waals surface area contributed by atoms with Crippen molar-refractivity contribution in [3.05, 3.63) is 63.7 Å². The molecule has 0 spiro atoms. The van der Waals surface area contributed by atoms with Gasteiger partial charge in [0.2, 0.25) is 0 Å². The minimum absolute atomic E-state index is 0.149. The van der Waals surface area contributed by atoms with Gasteiger partial charge in [-0.2, -0.15) is 0 Å². The number of benzene rings is 2. The standard InChI is InChI=1S/C18H18N2O2/c1-11(2)13-5-7-14(8-6-13)17-18(20(21)22)15-10-12(3)4-9-16(15)19-17/h4-11,19H,1-3H3. The van der Waals surface area contributed by atoms with Gasteiger partial charge in [0, 0.05) is 5.56 Å². The van der Waals surface area contributed by atoms with Crippen LogP contribution in [0.15, 0.2) is 42.5 Å². The number of H-pyrrole nitrogens is 1.